The predicted octanol–water partition coefficient (Wildman–Crippen LogP) is 6.27. The van der Waals surface area contributed by atoms with Gasteiger partial charge >= 0.3 is 0 Å². The highest BCUT2D eigenvalue weighted by atomic mass is 19.1. The molecule has 0 saturated heterocycles. The molecule has 0 fully saturated rings. The van der Waals surface area contributed by atoms with E-state index in [9.17, 15) is 18.8 Å². The van der Waals surface area contributed by atoms with Crippen molar-refractivity contribution in [2.75, 3.05) is 11.4 Å². The Bertz CT molecular complexity index is 1570. The lowest BCUT2D eigenvalue weighted by molar-refractivity contribution is -0.141. The first-order valence-corrected chi connectivity index (χ1v) is 14.6. The summed E-state index contributed by atoms with van der Waals surface area (Å²) in [5, 5.41) is 5.02. The zero-order valence-electron chi connectivity index (χ0n) is 24.1. The number of nitrogens with one attached hydrogen (secondary N) is 1. The number of amides is 3. The first kappa shape index (κ1) is 29.0. The van der Waals surface area contributed by atoms with Gasteiger partial charge in [0.2, 0.25) is 11.8 Å². The van der Waals surface area contributed by atoms with Crippen LogP contribution in [0.5, 0.6) is 0 Å². The summed E-state index contributed by atoms with van der Waals surface area (Å²) >= 11 is 0. The first-order chi connectivity index (χ1) is 20.4. The van der Waals surface area contributed by atoms with Crippen molar-refractivity contribution in [2.45, 2.75) is 58.2 Å². The standard InChI is InChI=1S/C35H36FN3O3/c1-3-24(2)37-34(41)31(22-25-10-5-4-6-11-25)39(23-26-17-19-28(36)20-18-26)32(40)16-9-21-38-30-15-8-13-27-12-7-14-29(33(27)30)35(38)42/h4-8,10-15,17-20,24,31H,3,9,16,21-23H2,1-2H3,(H,37,41)/t24-,31-/m1/s1. The Morgan fingerprint density at radius 2 is 1.62 bits per heavy atom. The molecule has 7 heteroatoms. The van der Waals surface area contributed by atoms with Gasteiger partial charge in [0, 0.05) is 42.9 Å². The Hall–Kier alpha value is -4.52. The Morgan fingerprint density at radius 1 is 0.905 bits per heavy atom. The van der Waals surface area contributed by atoms with Crippen LogP contribution in [0, 0.1) is 5.82 Å². The van der Waals surface area contributed by atoms with Crippen LogP contribution < -0.4 is 10.2 Å². The highest BCUT2D eigenvalue weighted by Gasteiger charge is 2.32. The predicted molar refractivity (Wildman–Crippen MR) is 164 cm³/mol. The average Bonchev–Trinajstić information content (AvgIpc) is 3.28. The Kier molecular flexibility index (Phi) is 8.96. The normalized spacial score (nSPS) is 13.7. The van der Waals surface area contributed by atoms with Gasteiger partial charge in [-0.1, -0.05) is 73.7 Å². The molecule has 3 amide bonds. The largest absolute Gasteiger partial charge is 0.352 e. The van der Waals surface area contributed by atoms with Crippen LogP contribution in [0.25, 0.3) is 10.8 Å². The number of halogens is 1. The van der Waals surface area contributed by atoms with Gasteiger partial charge in [-0.3, -0.25) is 14.4 Å². The molecular weight excluding hydrogens is 529 g/mol. The third kappa shape index (κ3) is 6.35. The molecule has 1 N–H and O–H groups in total. The van der Waals surface area contributed by atoms with Crippen molar-refractivity contribution < 1.29 is 18.8 Å². The van der Waals surface area contributed by atoms with Crippen LogP contribution in [0.4, 0.5) is 10.1 Å². The van der Waals surface area contributed by atoms with E-state index >= 15 is 0 Å². The zero-order valence-corrected chi connectivity index (χ0v) is 24.1. The van der Waals surface area contributed by atoms with E-state index in [0.29, 0.717) is 24.9 Å². The molecule has 42 heavy (non-hydrogen) atoms. The molecule has 0 radical (unpaired) electrons. The third-order valence-corrected chi connectivity index (χ3v) is 7.96. The monoisotopic (exact) mass is 565 g/mol. The lowest BCUT2D eigenvalue weighted by Crippen LogP contribution is -2.52. The number of benzene rings is 4. The van der Waals surface area contributed by atoms with Crippen LogP contribution in [0.1, 0.15) is 54.6 Å². The minimum absolute atomic E-state index is 0.0518. The number of hydrogen-bond donors (Lipinski definition) is 1. The summed E-state index contributed by atoms with van der Waals surface area (Å²) in [5.74, 6) is -0.840. The summed E-state index contributed by atoms with van der Waals surface area (Å²) in [7, 11) is 0. The van der Waals surface area contributed by atoms with Crippen LogP contribution in [0.2, 0.25) is 0 Å². The number of carbonyl (C=O) groups excluding carboxylic acids is 3. The maximum atomic E-state index is 13.9. The number of rotatable bonds is 12. The van der Waals surface area contributed by atoms with Crippen molar-refractivity contribution in [1.29, 1.82) is 0 Å². The molecule has 4 aromatic carbocycles. The third-order valence-electron chi connectivity index (χ3n) is 7.96. The minimum atomic E-state index is -0.759. The van der Waals surface area contributed by atoms with Gasteiger partial charge in [0.15, 0.2) is 0 Å². The quantitative estimate of drug-likeness (QED) is 0.220. The fraction of sp³-hybridized carbons (Fsp3) is 0.286. The van der Waals surface area contributed by atoms with Crippen LogP contribution in [0.15, 0.2) is 91.0 Å². The van der Waals surface area contributed by atoms with E-state index in [1.807, 2.05) is 80.6 Å². The molecular formula is C35H36FN3O3. The molecule has 1 aliphatic rings. The summed E-state index contributed by atoms with van der Waals surface area (Å²) < 4.78 is 13.7. The van der Waals surface area contributed by atoms with Crippen molar-refractivity contribution in [2.24, 2.45) is 0 Å². The fourth-order valence-electron chi connectivity index (χ4n) is 5.51. The molecule has 0 unspecified atom stereocenters. The molecule has 0 aromatic heterocycles. The lowest BCUT2D eigenvalue weighted by Gasteiger charge is -2.32. The van der Waals surface area contributed by atoms with E-state index in [4.69, 9.17) is 0 Å². The molecule has 4 aromatic rings. The number of nitrogens with zero attached hydrogens (tertiary/aromatic N) is 2. The van der Waals surface area contributed by atoms with Gasteiger partial charge < -0.3 is 15.1 Å². The maximum Gasteiger partial charge on any atom is 0.258 e. The summed E-state index contributed by atoms with van der Waals surface area (Å²) in [6.07, 6.45) is 1.69. The van der Waals surface area contributed by atoms with E-state index in [1.54, 1.807) is 21.9 Å². The number of hydrogen-bond acceptors (Lipinski definition) is 3. The maximum absolute atomic E-state index is 13.9. The topological polar surface area (TPSA) is 69.7 Å². The fourth-order valence-corrected chi connectivity index (χ4v) is 5.51. The van der Waals surface area contributed by atoms with Gasteiger partial charge in [0.1, 0.15) is 11.9 Å². The van der Waals surface area contributed by atoms with Gasteiger partial charge in [-0.2, -0.15) is 0 Å². The van der Waals surface area contributed by atoms with Crippen molar-refractivity contribution >= 4 is 34.2 Å². The number of carbonyl (C=O) groups is 3. The molecule has 1 aliphatic heterocycles. The van der Waals surface area contributed by atoms with E-state index in [2.05, 4.69) is 5.32 Å². The summed E-state index contributed by atoms with van der Waals surface area (Å²) in [4.78, 5) is 44.2. The average molecular weight is 566 g/mol. The molecule has 5 rings (SSSR count). The highest BCUT2D eigenvalue weighted by molar-refractivity contribution is 6.25. The first-order valence-electron chi connectivity index (χ1n) is 14.6. The number of anilines is 1. The Labute approximate surface area is 246 Å². The van der Waals surface area contributed by atoms with Gasteiger partial charge in [0.05, 0.1) is 5.69 Å². The van der Waals surface area contributed by atoms with Gasteiger partial charge in [-0.15, -0.1) is 0 Å². The second-order valence-electron chi connectivity index (χ2n) is 10.9. The molecule has 6 nitrogen and oxygen atoms in total. The van der Waals surface area contributed by atoms with Crippen molar-refractivity contribution in [3.8, 4) is 0 Å². The van der Waals surface area contributed by atoms with Gasteiger partial charge in [-0.25, -0.2) is 4.39 Å². The second kappa shape index (κ2) is 13.0. The Balaban J connectivity index is 1.37. The minimum Gasteiger partial charge on any atom is -0.352 e. The molecule has 0 spiro atoms. The molecule has 0 saturated carbocycles. The summed E-state index contributed by atoms with van der Waals surface area (Å²) in [6, 6.07) is 26.4. The van der Waals surface area contributed by atoms with Gasteiger partial charge in [0.25, 0.3) is 5.91 Å². The van der Waals surface area contributed by atoms with Crippen LogP contribution in [0.3, 0.4) is 0 Å². The van der Waals surface area contributed by atoms with Crippen molar-refractivity contribution in [3.63, 3.8) is 0 Å². The second-order valence-corrected chi connectivity index (χ2v) is 10.9. The summed E-state index contributed by atoms with van der Waals surface area (Å²) in [5.41, 5.74) is 3.21. The van der Waals surface area contributed by atoms with E-state index < -0.39 is 6.04 Å². The van der Waals surface area contributed by atoms with Gasteiger partial charge in [-0.05, 0) is 60.5 Å². The van der Waals surface area contributed by atoms with Crippen LogP contribution in [-0.4, -0.2) is 41.2 Å². The lowest BCUT2D eigenvalue weighted by atomic mass is 10.0. The molecule has 2 atom stereocenters. The van der Waals surface area contributed by atoms with Crippen molar-refractivity contribution in [1.82, 2.24) is 10.2 Å². The van der Waals surface area contributed by atoms with E-state index in [1.165, 1.54) is 12.1 Å². The van der Waals surface area contributed by atoms with E-state index in [-0.39, 0.29) is 42.5 Å². The molecule has 0 bridgehead atoms. The van der Waals surface area contributed by atoms with Crippen molar-refractivity contribution in [3.05, 3.63) is 114 Å². The summed E-state index contributed by atoms with van der Waals surface area (Å²) in [6.45, 7) is 4.48. The van der Waals surface area contributed by atoms with E-state index in [0.717, 1.165) is 34.0 Å². The molecule has 216 valence electrons. The van der Waals surface area contributed by atoms with Crippen LogP contribution in [-0.2, 0) is 22.6 Å². The molecule has 0 aliphatic carbocycles. The SMILES string of the molecule is CC[C@@H](C)NC(=O)[C@@H](Cc1ccccc1)N(Cc1ccc(F)cc1)C(=O)CCCN1C(=O)c2cccc3cccc1c23. The molecule has 1 heterocycles. The van der Waals surface area contributed by atoms with Crippen LogP contribution >= 0.6 is 0 Å². The zero-order chi connectivity index (χ0) is 29.6. The smallest absolute Gasteiger partial charge is 0.258 e. The Morgan fingerprint density at radius 3 is 2.33 bits per heavy atom. The highest BCUT2D eigenvalue weighted by Crippen LogP contribution is 2.37.